The Balaban J connectivity index is 1.73. The van der Waals surface area contributed by atoms with Crippen molar-refractivity contribution in [3.63, 3.8) is 0 Å². The Labute approximate surface area is 190 Å². The average Bonchev–Trinajstić information content (AvgIpc) is 3.22. The third-order valence-corrected chi connectivity index (χ3v) is 5.77. The summed E-state index contributed by atoms with van der Waals surface area (Å²) in [6.45, 7) is 2.25. The molecule has 172 valence electrons. The van der Waals surface area contributed by atoms with Crippen LogP contribution in [0.3, 0.4) is 0 Å². The fourth-order valence-electron chi connectivity index (χ4n) is 4.25. The predicted octanol–water partition coefficient (Wildman–Crippen LogP) is 3.35. The summed E-state index contributed by atoms with van der Waals surface area (Å²) in [6.07, 6.45) is 3.80. The number of anilines is 1. The fraction of sp³-hybridized carbons (Fsp3) is 0.333. The molecule has 1 aliphatic heterocycles. The van der Waals surface area contributed by atoms with Crippen molar-refractivity contribution in [2.45, 2.75) is 38.8 Å². The van der Waals surface area contributed by atoms with E-state index < -0.39 is 12.0 Å². The lowest BCUT2D eigenvalue weighted by atomic mass is 10.0. The smallest absolute Gasteiger partial charge is 0.328 e. The number of aromatic nitrogens is 2. The molecule has 0 saturated carbocycles. The Bertz CT molecular complexity index is 1210. The molecule has 33 heavy (non-hydrogen) atoms. The zero-order valence-electron chi connectivity index (χ0n) is 18.5. The zero-order valence-corrected chi connectivity index (χ0v) is 18.5. The van der Waals surface area contributed by atoms with Crippen molar-refractivity contribution >= 4 is 34.5 Å². The molecule has 1 fully saturated rings. The van der Waals surface area contributed by atoms with Crippen LogP contribution in [-0.4, -0.2) is 51.9 Å². The summed E-state index contributed by atoms with van der Waals surface area (Å²) in [5.74, 6) is -1.36. The number of esters is 1. The van der Waals surface area contributed by atoms with Crippen LogP contribution in [0.5, 0.6) is 0 Å². The topological polar surface area (TPSA) is 93.5 Å². The molecule has 3 aromatic rings. The number of carbonyl (C=O) groups is 3. The summed E-state index contributed by atoms with van der Waals surface area (Å²) >= 11 is 0. The van der Waals surface area contributed by atoms with Crippen molar-refractivity contribution in [2.75, 3.05) is 19.0 Å². The second kappa shape index (κ2) is 9.40. The van der Waals surface area contributed by atoms with Gasteiger partial charge in [0.1, 0.15) is 11.9 Å². The van der Waals surface area contributed by atoms with Gasteiger partial charge in [0.15, 0.2) is 0 Å². The van der Waals surface area contributed by atoms with Gasteiger partial charge in [0, 0.05) is 25.6 Å². The Hall–Kier alpha value is -3.75. The Kier molecular flexibility index (Phi) is 6.39. The minimum atomic E-state index is -0.632. The van der Waals surface area contributed by atoms with Gasteiger partial charge in [-0.3, -0.25) is 9.59 Å². The third kappa shape index (κ3) is 4.72. The number of halogens is 1. The van der Waals surface area contributed by atoms with Crippen LogP contribution in [0.25, 0.3) is 11.0 Å². The van der Waals surface area contributed by atoms with Gasteiger partial charge in [0.2, 0.25) is 5.91 Å². The maximum Gasteiger partial charge on any atom is 0.328 e. The summed E-state index contributed by atoms with van der Waals surface area (Å²) in [6, 6.07) is 8.77. The first-order valence-corrected chi connectivity index (χ1v) is 10.8. The largest absolute Gasteiger partial charge is 0.467 e. The van der Waals surface area contributed by atoms with Gasteiger partial charge >= 0.3 is 5.97 Å². The molecule has 1 atom stereocenters. The summed E-state index contributed by atoms with van der Waals surface area (Å²) < 4.78 is 20.0. The van der Waals surface area contributed by atoms with E-state index in [0.29, 0.717) is 41.8 Å². The van der Waals surface area contributed by atoms with Crippen molar-refractivity contribution in [3.8, 4) is 0 Å². The van der Waals surface area contributed by atoms with E-state index in [-0.39, 0.29) is 17.6 Å². The number of rotatable bonds is 5. The first-order chi connectivity index (χ1) is 15.9. The summed E-state index contributed by atoms with van der Waals surface area (Å²) in [7, 11) is 1.31. The number of imidazole rings is 1. The van der Waals surface area contributed by atoms with Gasteiger partial charge in [-0.05, 0) is 49.1 Å². The third-order valence-electron chi connectivity index (χ3n) is 5.77. The second-order valence-electron chi connectivity index (χ2n) is 8.10. The highest BCUT2D eigenvalue weighted by molar-refractivity contribution is 6.05. The first kappa shape index (κ1) is 22.4. The summed E-state index contributed by atoms with van der Waals surface area (Å²) in [4.78, 5) is 43.5. The number of carbonyl (C=O) groups excluding carboxylic acids is 3. The van der Waals surface area contributed by atoms with E-state index in [1.807, 2.05) is 4.57 Å². The maximum absolute atomic E-state index is 13.4. The van der Waals surface area contributed by atoms with Crippen LogP contribution in [0, 0.1) is 5.82 Å². The molecule has 2 amide bonds. The molecule has 1 aromatic heterocycles. The lowest BCUT2D eigenvalue weighted by molar-refractivity contribution is -0.147. The highest BCUT2D eigenvalue weighted by atomic mass is 19.1. The number of benzene rings is 2. The number of amides is 2. The highest BCUT2D eigenvalue weighted by Crippen LogP contribution is 2.28. The molecule has 0 aliphatic carbocycles. The molecule has 0 spiro atoms. The van der Waals surface area contributed by atoms with Crippen LogP contribution in [0.4, 0.5) is 10.1 Å². The normalized spacial score (nSPS) is 16.0. The highest BCUT2D eigenvalue weighted by Gasteiger charge is 2.33. The van der Waals surface area contributed by atoms with E-state index in [2.05, 4.69) is 10.3 Å². The number of hydrogen-bond donors (Lipinski definition) is 1. The van der Waals surface area contributed by atoms with E-state index in [1.54, 1.807) is 30.6 Å². The van der Waals surface area contributed by atoms with Crippen LogP contribution in [0.1, 0.15) is 42.1 Å². The first-order valence-electron chi connectivity index (χ1n) is 10.8. The van der Waals surface area contributed by atoms with Crippen molar-refractivity contribution in [1.29, 1.82) is 0 Å². The molecular formula is C24H25FN4O4. The van der Waals surface area contributed by atoms with E-state index in [0.717, 1.165) is 18.4 Å². The monoisotopic (exact) mass is 452 g/mol. The minimum absolute atomic E-state index is 0.291. The number of ether oxygens (including phenoxy) is 1. The van der Waals surface area contributed by atoms with Gasteiger partial charge < -0.3 is 19.5 Å². The molecule has 4 rings (SSSR count). The Morgan fingerprint density at radius 1 is 1.18 bits per heavy atom. The van der Waals surface area contributed by atoms with Gasteiger partial charge in [-0.15, -0.1) is 0 Å². The zero-order chi connectivity index (χ0) is 23.5. The number of piperidine rings is 1. The fourth-order valence-corrected chi connectivity index (χ4v) is 4.25. The van der Waals surface area contributed by atoms with Crippen molar-refractivity contribution in [3.05, 3.63) is 59.7 Å². The molecule has 0 unspecified atom stereocenters. The molecule has 1 N–H and O–H groups in total. The van der Waals surface area contributed by atoms with Crippen LogP contribution in [0.15, 0.2) is 42.7 Å². The second-order valence-corrected chi connectivity index (χ2v) is 8.10. The van der Waals surface area contributed by atoms with Gasteiger partial charge in [-0.2, -0.15) is 0 Å². The van der Waals surface area contributed by atoms with Crippen LogP contribution < -0.4 is 5.32 Å². The standard InChI is InChI=1S/C24H25FN4O4/c1-15(30)27-20-12-17(23(31)29-10-4-3-5-21(29)24(32)33-2)11-19-22(20)28(14-26-19)13-16-6-8-18(25)9-7-16/h6-9,11-12,14,21H,3-5,10,13H2,1-2H3,(H,27,30)/t21-/m1/s1. The van der Waals surface area contributed by atoms with Crippen molar-refractivity contribution in [1.82, 2.24) is 14.5 Å². The molecule has 2 aromatic carbocycles. The molecule has 0 radical (unpaired) electrons. The molecule has 1 saturated heterocycles. The molecule has 9 heteroatoms. The van der Waals surface area contributed by atoms with E-state index >= 15 is 0 Å². The minimum Gasteiger partial charge on any atom is -0.467 e. The lowest BCUT2D eigenvalue weighted by Crippen LogP contribution is -2.48. The number of methoxy groups -OCH3 is 1. The molecular weight excluding hydrogens is 427 g/mol. The van der Waals surface area contributed by atoms with Gasteiger partial charge in [-0.25, -0.2) is 14.2 Å². The summed E-state index contributed by atoms with van der Waals surface area (Å²) in [5.41, 5.74) is 2.80. The number of nitrogens with one attached hydrogen (secondary N) is 1. The molecule has 8 nitrogen and oxygen atoms in total. The van der Waals surface area contributed by atoms with Crippen LogP contribution in [0.2, 0.25) is 0 Å². The van der Waals surface area contributed by atoms with Gasteiger partial charge in [0.05, 0.1) is 30.2 Å². The Morgan fingerprint density at radius 2 is 1.94 bits per heavy atom. The molecule has 2 heterocycles. The molecule has 0 bridgehead atoms. The SMILES string of the molecule is COC(=O)[C@H]1CCCCN1C(=O)c1cc(NC(C)=O)c2c(c1)ncn2Cc1ccc(F)cc1. The average molecular weight is 452 g/mol. The Morgan fingerprint density at radius 3 is 2.64 bits per heavy atom. The van der Waals surface area contributed by atoms with Gasteiger partial charge in [-0.1, -0.05) is 12.1 Å². The van der Waals surface area contributed by atoms with E-state index in [9.17, 15) is 18.8 Å². The number of likely N-dealkylation sites (tertiary alicyclic amines) is 1. The molecule has 1 aliphatic rings. The van der Waals surface area contributed by atoms with Crippen LogP contribution in [-0.2, 0) is 20.9 Å². The summed E-state index contributed by atoms with van der Waals surface area (Å²) in [5, 5.41) is 2.79. The maximum atomic E-state index is 13.4. The number of nitrogens with zero attached hydrogens (tertiary/aromatic N) is 3. The van der Waals surface area contributed by atoms with Crippen molar-refractivity contribution < 1.29 is 23.5 Å². The quantitative estimate of drug-likeness (QED) is 0.600. The van der Waals surface area contributed by atoms with Gasteiger partial charge in [0.25, 0.3) is 5.91 Å². The lowest BCUT2D eigenvalue weighted by Gasteiger charge is -2.33. The van der Waals surface area contributed by atoms with E-state index in [4.69, 9.17) is 4.74 Å². The number of fused-ring (bicyclic) bond motifs is 1. The van der Waals surface area contributed by atoms with Crippen LogP contribution >= 0.6 is 0 Å². The van der Waals surface area contributed by atoms with E-state index in [1.165, 1.54) is 31.1 Å². The predicted molar refractivity (Wildman–Crippen MR) is 120 cm³/mol. The number of hydrogen-bond acceptors (Lipinski definition) is 5. The van der Waals surface area contributed by atoms with Crippen molar-refractivity contribution in [2.24, 2.45) is 0 Å².